The average molecular weight is 342 g/mol. The SMILES string of the molecule is CC(C)CC(C)OCCC(=O)NC(C(=O)O)c1ccc(Cl)cc1. The van der Waals surface area contributed by atoms with Crippen molar-refractivity contribution in [2.45, 2.75) is 45.8 Å². The summed E-state index contributed by atoms with van der Waals surface area (Å²) < 4.78 is 5.56. The zero-order valence-corrected chi connectivity index (χ0v) is 14.5. The zero-order valence-electron chi connectivity index (χ0n) is 13.7. The van der Waals surface area contributed by atoms with Crippen molar-refractivity contribution in [1.82, 2.24) is 5.32 Å². The van der Waals surface area contributed by atoms with Gasteiger partial charge in [-0.1, -0.05) is 37.6 Å². The second-order valence-corrected chi connectivity index (χ2v) is 6.39. The summed E-state index contributed by atoms with van der Waals surface area (Å²) in [6.07, 6.45) is 1.12. The van der Waals surface area contributed by atoms with E-state index >= 15 is 0 Å². The minimum Gasteiger partial charge on any atom is -0.479 e. The molecule has 0 aliphatic heterocycles. The molecule has 23 heavy (non-hydrogen) atoms. The lowest BCUT2D eigenvalue weighted by molar-refractivity contribution is -0.142. The van der Waals surface area contributed by atoms with Crippen molar-refractivity contribution in [3.8, 4) is 0 Å². The predicted molar refractivity (Wildman–Crippen MR) is 89.5 cm³/mol. The number of carboxylic acids is 1. The van der Waals surface area contributed by atoms with Gasteiger partial charge in [0.2, 0.25) is 5.91 Å². The van der Waals surface area contributed by atoms with Gasteiger partial charge in [0, 0.05) is 5.02 Å². The highest BCUT2D eigenvalue weighted by molar-refractivity contribution is 6.30. The van der Waals surface area contributed by atoms with Crippen LogP contribution < -0.4 is 5.32 Å². The Balaban J connectivity index is 2.49. The maximum absolute atomic E-state index is 11.9. The Morgan fingerprint density at radius 1 is 1.22 bits per heavy atom. The second kappa shape index (κ2) is 9.53. The Hall–Kier alpha value is -1.59. The fourth-order valence-electron chi connectivity index (χ4n) is 2.26. The molecule has 1 amide bonds. The van der Waals surface area contributed by atoms with E-state index in [-0.39, 0.29) is 25.0 Å². The molecule has 128 valence electrons. The Labute approximate surface area is 142 Å². The lowest BCUT2D eigenvalue weighted by atomic mass is 10.1. The summed E-state index contributed by atoms with van der Waals surface area (Å²) >= 11 is 5.78. The normalized spacial score (nSPS) is 13.6. The highest BCUT2D eigenvalue weighted by Crippen LogP contribution is 2.17. The fraction of sp³-hybridized carbons (Fsp3) is 0.529. The van der Waals surface area contributed by atoms with Crippen LogP contribution in [0.4, 0.5) is 0 Å². The molecule has 0 bridgehead atoms. The van der Waals surface area contributed by atoms with Crippen LogP contribution in [-0.2, 0) is 14.3 Å². The molecule has 5 nitrogen and oxygen atoms in total. The van der Waals surface area contributed by atoms with Crippen LogP contribution in [0.15, 0.2) is 24.3 Å². The molecule has 0 radical (unpaired) electrons. The van der Waals surface area contributed by atoms with Crippen molar-refractivity contribution in [3.63, 3.8) is 0 Å². The third-order valence-electron chi connectivity index (χ3n) is 3.29. The summed E-state index contributed by atoms with van der Waals surface area (Å²) in [4.78, 5) is 23.3. The molecule has 1 rings (SSSR count). The number of amides is 1. The summed E-state index contributed by atoms with van der Waals surface area (Å²) in [5, 5.41) is 12.3. The van der Waals surface area contributed by atoms with Crippen molar-refractivity contribution < 1.29 is 19.4 Å². The van der Waals surface area contributed by atoms with Crippen LogP contribution in [0.25, 0.3) is 0 Å². The molecule has 0 saturated carbocycles. The van der Waals surface area contributed by atoms with Gasteiger partial charge in [0.05, 0.1) is 19.1 Å². The first-order chi connectivity index (χ1) is 10.8. The molecule has 0 heterocycles. The number of hydrogen-bond donors (Lipinski definition) is 2. The van der Waals surface area contributed by atoms with Gasteiger partial charge in [-0.3, -0.25) is 4.79 Å². The molecule has 0 aromatic heterocycles. The van der Waals surface area contributed by atoms with Gasteiger partial charge in [-0.15, -0.1) is 0 Å². The lowest BCUT2D eigenvalue weighted by Crippen LogP contribution is -2.34. The standard InChI is InChI=1S/C17H24ClNO4/c1-11(2)10-12(3)23-9-8-15(20)19-16(17(21)22)13-4-6-14(18)7-5-13/h4-7,11-12,16H,8-10H2,1-3H3,(H,19,20)(H,21,22). The molecule has 0 aliphatic carbocycles. The predicted octanol–water partition coefficient (Wildman–Crippen LogP) is 3.42. The first-order valence-electron chi connectivity index (χ1n) is 7.68. The van der Waals surface area contributed by atoms with E-state index in [0.29, 0.717) is 16.5 Å². The fourth-order valence-corrected chi connectivity index (χ4v) is 2.39. The van der Waals surface area contributed by atoms with Gasteiger partial charge in [0.25, 0.3) is 0 Å². The van der Waals surface area contributed by atoms with Gasteiger partial charge in [0.1, 0.15) is 0 Å². The topological polar surface area (TPSA) is 75.6 Å². The minimum absolute atomic E-state index is 0.0781. The van der Waals surface area contributed by atoms with E-state index in [4.69, 9.17) is 16.3 Å². The van der Waals surface area contributed by atoms with Gasteiger partial charge in [-0.25, -0.2) is 4.79 Å². The number of aliphatic carboxylic acids is 1. The molecule has 0 aliphatic rings. The first-order valence-corrected chi connectivity index (χ1v) is 8.06. The Morgan fingerprint density at radius 2 is 1.83 bits per heavy atom. The van der Waals surface area contributed by atoms with E-state index in [9.17, 15) is 14.7 Å². The van der Waals surface area contributed by atoms with E-state index in [1.54, 1.807) is 24.3 Å². The van der Waals surface area contributed by atoms with Gasteiger partial charge >= 0.3 is 5.97 Å². The van der Waals surface area contributed by atoms with Gasteiger partial charge in [0.15, 0.2) is 6.04 Å². The molecule has 6 heteroatoms. The van der Waals surface area contributed by atoms with Crippen molar-refractivity contribution >= 4 is 23.5 Å². The number of rotatable bonds is 9. The van der Waals surface area contributed by atoms with Crippen LogP contribution in [0.3, 0.4) is 0 Å². The Kier molecular flexibility index (Phi) is 8.06. The van der Waals surface area contributed by atoms with Crippen molar-refractivity contribution in [3.05, 3.63) is 34.9 Å². The highest BCUT2D eigenvalue weighted by atomic mass is 35.5. The van der Waals surface area contributed by atoms with E-state index in [2.05, 4.69) is 19.2 Å². The summed E-state index contributed by atoms with van der Waals surface area (Å²) in [7, 11) is 0. The molecule has 1 aromatic rings. The molecule has 0 spiro atoms. The van der Waals surface area contributed by atoms with Crippen molar-refractivity contribution in [2.24, 2.45) is 5.92 Å². The number of ether oxygens (including phenoxy) is 1. The average Bonchev–Trinajstić information content (AvgIpc) is 2.44. The molecule has 2 unspecified atom stereocenters. The number of halogens is 1. The number of benzene rings is 1. The van der Waals surface area contributed by atoms with E-state index in [1.807, 2.05) is 6.92 Å². The lowest BCUT2D eigenvalue weighted by Gasteiger charge is -2.17. The van der Waals surface area contributed by atoms with Crippen molar-refractivity contribution in [2.75, 3.05) is 6.61 Å². The molecular weight excluding hydrogens is 318 g/mol. The summed E-state index contributed by atoms with van der Waals surface area (Å²) in [6, 6.07) is 5.27. The van der Waals surface area contributed by atoms with Crippen LogP contribution >= 0.6 is 11.6 Å². The number of hydrogen-bond acceptors (Lipinski definition) is 3. The van der Waals surface area contributed by atoms with E-state index in [1.165, 1.54) is 0 Å². The Bertz CT molecular complexity index is 516. The minimum atomic E-state index is -1.12. The zero-order chi connectivity index (χ0) is 17.4. The first kappa shape index (κ1) is 19.5. The number of carbonyl (C=O) groups excluding carboxylic acids is 1. The van der Waals surface area contributed by atoms with Crippen LogP contribution in [0.2, 0.25) is 5.02 Å². The largest absolute Gasteiger partial charge is 0.479 e. The summed E-state index contributed by atoms with van der Waals surface area (Å²) in [5.41, 5.74) is 0.476. The molecule has 1 aromatic carbocycles. The maximum atomic E-state index is 11.9. The van der Waals surface area contributed by atoms with Gasteiger partial charge in [-0.2, -0.15) is 0 Å². The second-order valence-electron chi connectivity index (χ2n) is 5.95. The number of nitrogens with one attached hydrogen (secondary N) is 1. The quantitative estimate of drug-likeness (QED) is 0.721. The van der Waals surface area contributed by atoms with Gasteiger partial charge < -0.3 is 15.2 Å². The van der Waals surface area contributed by atoms with Crippen LogP contribution in [0.1, 0.15) is 45.2 Å². The monoisotopic (exact) mass is 341 g/mol. The smallest absolute Gasteiger partial charge is 0.330 e. The third-order valence-corrected chi connectivity index (χ3v) is 3.54. The van der Waals surface area contributed by atoms with Crippen LogP contribution in [0, 0.1) is 5.92 Å². The summed E-state index contributed by atoms with van der Waals surface area (Å²) in [6.45, 7) is 6.45. The van der Waals surface area contributed by atoms with Crippen molar-refractivity contribution in [1.29, 1.82) is 0 Å². The molecule has 2 atom stereocenters. The molecular formula is C17H24ClNO4. The molecule has 2 N–H and O–H groups in total. The van der Waals surface area contributed by atoms with Gasteiger partial charge in [-0.05, 0) is 37.0 Å². The number of carboxylic acid groups (broad SMARTS) is 1. The molecule has 0 saturated heterocycles. The van der Waals surface area contributed by atoms with E-state index < -0.39 is 12.0 Å². The Morgan fingerprint density at radius 3 is 2.35 bits per heavy atom. The summed E-state index contributed by atoms with van der Waals surface area (Å²) in [5.74, 6) is -0.945. The van der Waals surface area contributed by atoms with Crippen LogP contribution in [0.5, 0.6) is 0 Å². The number of carbonyl (C=O) groups is 2. The maximum Gasteiger partial charge on any atom is 0.330 e. The van der Waals surface area contributed by atoms with E-state index in [0.717, 1.165) is 6.42 Å². The highest BCUT2D eigenvalue weighted by Gasteiger charge is 2.21. The molecule has 0 fully saturated rings. The van der Waals surface area contributed by atoms with Crippen LogP contribution in [-0.4, -0.2) is 29.7 Å². The third kappa shape index (κ3) is 7.48.